The smallest absolute Gasteiger partial charge is 0.191 e. The molecule has 1 aliphatic heterocycles. The van der Waals surface area contributed by atoms with Crippen molar-refractivity contribution in [2.45, 2.75) is 20.4 Å². The molecule has 1 fully saturated rings. The van der Waals surface area contributed by atoms with Crippen molar-refractivity contribution < 1.29 is 9.47 Å². The quantitative estimate of drug-likeness (QED) is 0.198. The molecule has 0 amide bonds. The van der Waals surface area contributed by atoms with Gasteiger partial charge in [-0.05, 0) is 55.4 Å². The Bertz CT molecular complexity index is 841. The lowest BCUT2D eigenvalue weighted by atomic mass is 10.2. The Hall–Kier alpha value is -2.27. The number of benzene rings is 1. The molecule has 33 heavy (non-hydrogen) atoms. The lowest BCUT2D eigenvalue weighted by molar-refractivity contribution is 0.270. The number of aliphatic imine (C=N–C) groups is 1. The number of piperazine rings is 1. The summed E-state index contributed by atoms with van der Waals surface area (Å²) in [5, 5.41) is 6.62. The summed E-state index contributed by atoms with van der Waals surface area (Å²) < 4.78 is 10.9. The number of hydrogen-bond acceptors (Lipinski definition) is 6. The van der Waals surface area contributed by atoms with Gasteiger partial charge in [-0.1, -0.05) is 6.92 Å². The highest BCUT2D eigenvalue weighted by Gasteiger charge is 2.16. The van der Waals surface area contributed by atoms with Crippen molar-refractivity contribution >= 4 is 35.8 Å². The predicted octanol–water partition coefficient (Wildman–Crippen LogP) is 2.98. The molecule has 0 radical (unpaired) electrons. The van der Waals surface area contributed by atoms with Gasteiger partial charge in [-0.3, -0.25) is 0 Å². The van der Waals surface area contributed by atoms with E-state index in [9.17, 15) is 0 Å². The third-order valence-corrected chi connectivity index (χ3v) is 5.44. The molecule has 9 heteroatoms. The standard InChI is InChI=1S/C24H36N6O2.HI/c1-4-25-24(27-12-17-32-22-8-6-21(31-3)7-9-22)28-19-20-10-11-26-23(18-20)30-15-13-29(5-2)14-16-30;/h6-11,18H,4-5,12-17,19H2,1-3H3,(H2,25,27,28);1H. The van der Waals surface area contributed by atoms with Crippen molar-refractivity contribution in [3.63, 3.8) is 0 Å². The summed E-state index contributed by atoms with van der Waals surface area (Å²) in [6.45, 7) is 12.2. The number of nitrogens with zero attached hydrogens (tertiary/aromatic N) is 4. The van der Waals surface area contributed by atoms with Crippen LogP contribution in [0.4, 0.5) is 5.82 Å². The molecule has 1 aromatic heterocycles. The fourth-order valence-corrected chi connectivity index (χ4v) is 3.55. The molecule has 0 bridgehead atoms. The number of methoxy groups -OCH3 is 1. The summed E-state index contributed by atoms with van der Waals surface area (Å²) >= 11 is 0. The van der Waals surface area contributed by atoms with Gasteiger partial charge in [0.1, 0.15) is 23.9 Å². The monoisotopic (exact) mass is 568 g/mol. The zero-order valence-corrected chi connectivity index (χ0v) is 22.2. The summed E-state index contributed by atoms with van der Waals surface area (Å²) in [5.41, 5.74) is 1.15. The van der Waals surface area contributed by atoms with E-state index >= 15 is 0 Å². The van der Waals surface area contributed by atoms with E-state index in [0.717, 1.165) is 68.1 Å². The zero-order valence-electron chi connectivity index (χ0n) is 19.9. The van der Waals surface area contributed by atoms with Crippen LogP contribution in [-0.4, -0.2) is 75.4 Å². The first kappa shape index (κ1) is 27.0. The van der Waals surface area contributed by atoms with Crippen molar-refractivity contribution in [1.82, 2.24) is 20.5 Å². The van der Waals surface area contributed by atoms with E-state index in [0.29, 0.717) is 19.7 Å². The summed E-state index contributed by atoms with van der Waals surface area (Å²) in [6.07, 6.45) is 1.88. The van der Waals surface area contributed by atoms with Crippen LogP contribution in [0.5, 0.6) is 11.5 Å². The van der Waals surface area contributed by atoms with Crippen LogP contribution in [0.25, 0.3) is 0 Å². The minimum Gasteiger partial charge on any atom is -0.497 e. The average Bonchev–Trinajstić information content (AvgIpc) is 2.85. The molecule has 0 saturated carbocycles. The molecule has 1 saturated heterocycles. The predicted molar refractivity (Wildman–Crippen MR) is 145 cm³/mol. The van der Waals surface area contributed by atoms with Crippen LogP contribution in [0, 0.1) is 0 Å². The normalized spacial score (nSPS) is 14.4. The van der Waals surface area contributed by atoms with Gasteiger partial charge in [0.25, 0.3) is 0 Å². The molecular weight excluding hydrogens is 531 g/mol. The number of likely N-dealkylation sites (N-methyl/N-ethyl adjacent to an activating group) is 1. The van der Waals surface area contributed by atoms with E-state index in [4.69, 9.17) is 14.5 Å². The van der Waals surface area contributed by atoms with Gasteiger partial charge < -0.3 is 29.9 Å². The summed E-state index contributed by atoms with van der Waals surface area (Å²) in [4.78, 5) is 14.1. The van der Waals surface area contributed by atoms with Gasteiger partial charge in [0.2, 0.25) is 0 Å². The number of halogens is 1. The number of pyridine rings is 1. The van der Waals surface area contributed by atoms with Crippen molar-refractivity contribution in [3.05, 3.63) is 48.2 Å². The number of aromatic nitrogens is 1. The van der Waals surface area contributed by atoms with E-state index < -0.39 is 0 Å². The molecule has 182 valence electrons. The Balaban J connectivity index is 0.00000385. The topological polar surface area (TPSA) is 74.3 Å². The highest BCUT2D eigenvalue weighted by molar-refractivity contribution is 14.0. The lowest BCUT2D eigenvalue weighted by Gasteiger charge is -2.34. The van der Waals surface area contributed by atoms with Gasteiger partial charge in [-0.15, -0.1) is 24.0 Å². The Morgan fingerprint density at radius 1 is 1.03 bits per heavy atom. The third kappa shape index (κ3) is 8.88. The maximum absolute atomic E-state index is 5.78. The highest BCUT2D eigenvalue weighted by atomic mass is 127. The molecule has 8 nitrogen and oxygen atoms in total. The maximum atomic E-state index is 5.78. The molecular formula is C24H37IN6O2. The van der Waals surface area contributed by atoms with E-state index in [1.165, 1.54) is 0 Å². The van der Waals surface area contributed by atoms with Crippen LogP contribution in [0.1, 0.15) is 19.4 Å². The molecule has 2 aromatic rings. The first-order chi connectivity index (χ1) is 15.7. The first-order valence-corrected chi connectivity index (χ1v) is 11.4. The molecule has 2 N–H and O–H groups in total. The van der Waals surface area contributed by atoms with Crippen molar-refractivity contribution in [1.29, 1.82) is 0 Å². The van der Waals surface area contributed by atoms with E-state index in [1.807, 2.05) is 36.5 Å². The second-order valence-electron chi connectivity index (χ2n) is 7.59. The maximum Gasteiger partial charge on any atom is 0.191 e. The van der Waals surface area contributed by atoms with Crippen LogP contribution in [0.15, 0.2) is 47.6 Å². The van der Waals surface area contributed by atoms with Gasteiger partial charge in [0.05, 0.1) is 20.2 Å². The van der Waals surface area contributed by atoms with Crippen molar-refractivity contribution in [2.75, 3.05) is 64.4 Å². The minimum atomic E-state index is 0. The Kier molecular flexibility index (Phi) is 12.1. The molecule has 0 spiro atoms. The van der Waals surface area contributed by atoms with Gasteiger partial charge in [0.15, 0.2) is 5.96 Å². The van der Waals surface area contributed by atoms with E-state index in [-0.39, 0.29) is 24.0 Å². The van der Waals surface area contributed by atoms with Gasteiger partial charge >= 0.3 is 0 Å². The summed E-state index contributed by atoms with van der Waals surface area (Å²) in [6, 6.07) is 11.8. The second kappa shape index (κ2) is 14.8. The molecule has 0 atom stereocenters. The number of anilines is 1. The lowest BCUT2D eigenvalue weighted by Crippen LogP contribution is -2.46. The molecule has 1 aromatic carbocycles. The number of rotatable bonds is 10. The highest BCUT2D eigenvalue weighted by Crippen LogP contribution is 2.17. The fourth-order valence-electron chi connectivity index (χ4n) is 3.55. The summed E-state index contributed by atoms with van der Waals surface area (Å²) in [5.74, 6) is 3.46. The van der Waals surface area contributed by atoms with Crippen LogP contribution in [-0.2, 0) is 6.54 Å². The number of ether oxygens (including phenoxy) is 2. The number of guanidine groups is 1. The molecule has 0 aliphatic carbocycles. The van der Waals surface area contributed by atoms with Crippen LogP contribution < -0.4 is 25.0 Å². The van der Waals surface area contributed by atoms with Gasteiger partial charge in [-0.2, -0.15) is 0 Å². The summed E-state index contributed by atoms with van der Waals surface area (Å²) in [7, 11) is 1.65. The first-order valence-electron chi connectivity index (χ1n) is 11.4. The minimum absolute atomic E-state index is 0. The Morgan fingerprint density at radius 2 is 1.76 bits per heavy atom. The average molecular weight is 569 g/mol. The van der Waals surface area contributed by atoms with Crippen molar-refractivity contribution in [2.24, 2.45) is 4.99 Å². The van der Waals surface area contributed by atoms with Crippen LogP contribution >= 0.6 is 24.0 Å². The van der Waals surface area contributed by atoms with Gasteiger partial charge in [-0.25, -0.2) is 9.98 Å². The third-order valence-electron chi connectivity index (χ3n) is 5.44. The number of nitrogens with one attached hydrogen (secondary N) is 2. The largest absolute Gasteiger partial charge is 0.497 e. The van der Waals surface area contributed by atoms with E-state index in [2.05, 4.69) is 45.3 Å². The fraction of sp³-hybridized carbons (Fsp3) is 0.500. The van der Waals surface area contributed by atoms with Crippen LogP contribution in [0.2, 0.25) is 0 Å². The molecule has 3 rings (SSSR count). The molecule has 0 unspecified atom stereocenters. The Labute approximate surface area is 214 Å². The van der Waals surface area contributed by atoms with E-state index in [1.54, 1.807) is 7.11 Å². The zero-order chi connectivity index (χ0) is 22.6. The van der Waals surface area contributed by atoms with Crippen LogP contribution in [0.3, 0.4) is 0 Å². The number of hydrogen-bond donors (Lipinski definition) is 2. The SMILES string of the molecule is CCNC(=NCc1ccnc(N2CCN(CC)CC2)c1)NCCOc1ccc(OC)cc1.I. The molecule has 2 heterocycles. The Morgan fingerprint density at radius 3 is 2.42 bits per heavy atom. The van der Waals surface area contributed by atoms with Crippen molar-refractivity contribution in [3.8, 4) is 11.5 Å². The second-order valence-corrected chi connectivity index (χ2v) is 7.59. The van der Waals surface area contributed by atoms with Gasteiger partial charge in [0, 0.05) is 38.9 Å². The molecule has 1 aliphatic rings.